The molecule has 1 fully saturated rings. The summed E-state index contributed by atoms with van der Waals surface area (Å²) in [5.41, 5.74) is 1.63. The van der Waals surface area contributed by atoms with Crippen LogP contribution in [0.1, 0.15) is 17.5 Å². The van der Waals surface area contributed by atoms with Crippen LogP contribution in [0.3, 0.4) is 0 Å². The number of β-amino-alcohol motifs (C(OH)–C–C–N with tert-alkyl or cyclic N) is 1. The fourth-order valence-corrected chi connectivity index (χ4v) is 3.40. The molecule has 1 atom stereocenters. The topological polar surface area (TPSA) is 54.0 Å². The number of likely N-dealkylation sites (N-methyl/N-ethyl adjacent to an activating group) is 1. The van der Waals surface area contributed by atoms with Gasteiger partial charge in [0, 0.05) is 19.6 Å². The Labute approximate surface area is 155 Å². The van der Waals surface area contributed by atoms with Crippen LogP contribution >= 0.6 is 0 Å². The van der Waals surface area contributed by atoms with E-state index in [4.69, 9.17) is 9.47 Å². The molecule has 26 heavy (non-hydrogen) atoms. The Bertz CT molecular complexity index is 700. The fourth-order valence-electron chi connectivity index (χ4n) is 3.40. The van der Waals surface area contributed by atoms with E-state index in [0.717, 1.165) is 42.1 Å². The third kappa shape index (κ3) is 4.97. The lowest BCUT2D eigenvalue weighted by Crippen LogP contribution is -2.42. The third-order valence-corrected chi connectivity index (χ3v) is 4.70. The Hall–Kier alpha value is -2.08. The molecule has 2 N–H and O–H groups in total. The van der Waals surface area contributed by atoms with Crippen LogP contribution in [-0.2, 0) is 13.2 Å². The molecule has 2 aromatic rings. The van der Waals surface area contributed by atoms with Gasteiger partial charge in [-0.25, -0.2) is 0 Å². The number of benzene rings is 2. The van der Waals surface area contributed by atoms with Crippen molar-refractivity contribution in [1.82, 2.24) is 10.2 Å². The van der Waals surface area contributed by atoms with Crippen molar-refractivity contribution < 1.29 is 14.6 Å². The molecular weight excluding hydrogens is 328 g/mol. The number of methoxy groups -OCH3 is 1. The highest BCUT2D eigenvalue weighted by Gasteiger charge is 2.32. The average molecular weight is 356 g/mol. The van der Waals surface area contributed by atoms with Crippen molar-refractivity contribution in [2.24, 2.45) is 0 Å². The molecule has 1 unspecified atom stereocenters. The van der Waals surface area contributed by atoms with Gasteiger partial charge in [-0.15, -0.1) is 0 Å². The molecular formula is C21H28N2O3. The summed E-state index contributed by atoms with van der Waals surface area (Å²) >= 11 is 0. The van der Waals surface area contributed by atoms with Crippen LogP contribution in [0, 0.1) is 0 Å². The van der Waals surface area contributed by atoms with Crippen LogP contribution in [0.25, 0.3) is 0 Å². The highest BCUT2D eigenvalue weighted by atomic mass is 16.5. The number of ether oxygens (including phenoxy) is 2. The van der Waals surface area contributed by atoms with E-state index >= 15 is 0 Å². The molecule has 0 bridgehead atoms. The maximum absolute atomic E-state index is 10.5. The van der Waals surface area contributed by atoms with Crippen molar-refractivity contribution in [2.45, 2.75) is 25.2 Å². The van der Waals surface area contributed by atoms with Crippen LogP contribution in [0.5, 0.6) is 11.5 Å². The van der Waals surface area contributed by atoms with Crippen molar-refractivity contribution in [1.29, 1.82) is 0 Å². The zero-order valence-electron chi connectivity index (χ0n) is 15.6. The highest BCUT2D eigenvalue weighted by Crippen LogP contribution is 2.29. The predicted molar refractivity (Wildman–Crippen MR) is 103 cm³/mol. The number of nitrogens with zero attached hydrogens (tertiary/aromatic N) is 1. The Morgan fingerprint density at radius 1 is 1.12 bits per heavy atom. The quantitative estimate of drug-likeness (QED) is 0.761. The second kappa shape index (κ2) is 8.54. The second-order valence-electron chi connectivity index (χ2n) is 7.08. The lowest BCUT2D eigenvalue weighted by atomic mass is 10.0. The smallest absolute Gasteiger partial charge is 0.161 e. The first-order valence-electron chi connectivity index (χ1n) is 9.03. The molecule has 1 aliphatic heterocycles. The summed E-state index contributed by atoms with van der Waals surface area (Å²) < 4.78 is 11.4. The summed E-state index contributed by atoms with van der Waals surface area (Å²) in [4.78, 5) is 2.15. The van der Waals surface area contributed by atoms with Crippen molar-refractivity contribution in [3.05, 3.63) is 59.7 Å². The maximum Gasteiger partial charge on any atom is 0.161 e. The molecule has 5 heteroatoms. The molecule has 0 spiro atoms. The molecule has 140 valence electrons. The van der Waals surface area contributed by atoms with Gasteiger partial charge in [-0.05, 0) is 43.3 Å². The average Bonchev–Trinajstić information content (AvgIpc) is 3.07. The summed E-state index contributed by atoms with van der Waals surface area (Å²) in [5, 5.41) is 13.7. The Morgan fingerprint density at radius 2 is 1.92 bits per heavy atom. The first-order chi connectivity index (χ1) is 12.6. The van der Waals surface area contributed by atoms with Gasteiger partial charge in [-0.1, -0.05) is 36.4 Å². The van der Waals surface area contributed by atoms with E-state index < -0.39 is 5.60 Å². The number of hydrogen-bond donors (Lipinski definition) is 2. The van der Waals surface area contributed by atoms with E-state index in [-0.39, 0.29) is 0 Å². The normalized spacial score (nSPS) is 19.7. The van der Waals surface area contributed by atoms with E-state index in [1.807, 2.05) is 49.5 Å². The van der Waals surface area contributed by atoms with Crippen LogP contribution < -0.4 is 14.8 Å². The van der Waals surface area contributed by atoms with Crippen molar-refractivity contribution in [3.63, 3.8) is 0 Å². The van der Waals surface area contributed by atoms with Gasteiger partial charge in [-0.2, -0.15) is 0 Å². The molecule has 0 saturated carbocycles. The van der Waals surface area contributed by atoms with E-state index in [1.54, 1.807) is 7.11 Å². The lowest BCUT2D eigenvalue weighted by Gasteiger charge is -2.28. The Morgan fingerprint density at radius 3 is 2.62 bits per heavy atom. The molecule has 1 heterocycles. The van der Waals surface area contributed by atoms with Gasteiger partial charge < -0.3 is 19.9 Å². The molecule has 0 aliphatic carbocycles. The maximum atomic E-state index is 10.5. The van der Waals surface area contributed by atoms with Gasteiger partial charge in [0.05, 0.1) is 12.7 Å². The zero-order chi connectivity index (χ0) is 18.4. The molecule has 1 aliphatic rings. The fraction of sp³-hybridized carbons (Fsp3) is 0.429. The first-order valence-corrected chi connectivity index (χ1v) is 9.03. The van der Waals surface area contributed by atoms with E-state index in [1.165, 1.54) is 0 Å². The first kappa shape index (κ1) is 18.7. The molecule has 0 amide bonds. The summed E-state index contributed by atoms with van der Waals surface area (Å²) in [7, 11) is 3.69. The number of nitrogens with one attached hydrogen (secondary N) is 1. The summed E-state index contributed by atoms with van der Waals surface area (Å²) in [6.07, 6.45) is 0.799. The second-order valence-corrected chi connectivity index (χ2v) is 7.08. The van der Waals surface area contributed by atoms with Crippen molar-refractivity contribution in [3.8, 4) is 11.5 Å². The van der Waals surface area contributed by atoms with Gasteiger partial charge in [0.1, 0.15) is 6.61 Å². The molecule has 2 aromatic carbocycles. The molecule has 1 saturated heterocycles. The Balaban J connectivity index is 1.60. The largest absolute Gasteiger partial charge is 0.493 e. The lowest BCUT2D eigenvalue weighted by molar-refractivity contribution is 0.0264. The predicted octanol–water partition coefficient (Wildman–Crippen LogP) is 2.43. The van der Waals surface area contributed by atoms with Gasteiger partial charge in [0.25, 0.3) is 0 Å². The van der Waals surface area contributed by atoms with E-state index in [0.29, 0.717) is 19.7 Å². The highest BCUT2D eigenvalue weighted by molar-refractivity contribution is 5.43. The molecule has 5 nitrogen and oxygen atoms in total. The molecule has 3 rings (SSSR count). The third-order valence-electron chi connectivity index (χ3n) is 4.70. The summed E-state index contributed by atoms with van der Waals surface area (Å²) in [6.45, 7) is 3.45. The van der Waals surface area contributed by atoms with Gasteiger partial charge >= 0.3 is 0 Å². The summed E-state index contributed by atoms with van der Waals surface area (Å²) in [6, 6.07) is 16.1. The monoisotopic (exact) mass is 356 g/mol. The van der Waals surface area contributed by atoms with Crippen molar-refractivity contribution >= 4 is 0 Å². The van der Waals surface area contributed by atoms with E-state index in [9.17, 15) is 5.11 Å². The van der Waals surface area contributed by atoms with Gasteiger partial charge in [0.2, 0.25) is 0 Å². The standard InChI is InChI=1S/C21H28N2O3/c1-23(16-21(24)10-11-22-15-21)13-18-8-9-19(20(12-18)25-2)26-14-17-6-4-3-5-7-17/h3-9,12,22,24H,10-11,13-16H2,1-2H3. The minimum Gasteiger partial charge on any atom is -0.493 e. The molecule has 0 aromatic heterocycles. The van der Waals surface area contributed by atoms with Crippen molar-refractivity contribution in [2.75, 3.05) is 33.8 Å². The number of rotatable bonds is 8. The van der Waals surface area contributed by atoms with E-state index in [2.05, 4.69) is 16.3 Å². The number of hydrogen-bond acceptors (Lipinski definition) is 5. The van der Waals surface area contributed by atoms with Gasteiger partial charge in [0.15, 0.2) is 11.5 Å². The van der Waals surface area contributed by atoms with Crippen LogP contribution in [0.2, 0.25) is 0 Å². The minimum atomic E-state index is -0.627. The van der Waals surface area contributed by atoms with Crippen LogP contribution in [0.4, 0.5) is 0 Å². The minimum absolute atomic E-state index is 0.510. The van der Waals surface area contributed by atoms with Crippen LogP contribution in [-0.4, -0.2) is 49.4 Å². The SMILES string of the molecule is COc1cc(CN(C)CC2(O)CCNC2)ccc1OCc1ccccc1. The van der Waals surface area contributed by atoms with Crippen LogP contribution in [0.15, 0.2) is 48.5 Å². The number of aliphatic hydroxyl groups is 1. The Kier molecular flexibility index (Phi) is 6.14. The van der Waals surface area contributed by atoms with Gasteiger partial charge in [-0.3, -0.25) is 4.90 Å². The summed E-state index contributed by atoms with van der Waals surface area (Å²) in [5.74, 6) is 1.47. The molecule has 0 radical (unpaired) electrons. The zero-order valence-corrected chi connectivity index (χ0v) is 15.6.